The molecule has 0 unspecified atom stereocenters. The van der Waals surface area contributed by atoms with Crippen LogP contribution in [0.1, 0.15) is 18.4 Å². The van der Waals surface area contributed by atoms with Gasteiger partial charge in [-0.15, -0.1) is 0 Å². The molecule has 1 fully saturated rings. The van der Waals surface area contributed by atoms with Crippen LogP contribution in [-0.2, 0) is 16.1 Å². The van der Waals surface area contributed by atoms with Gasteiger partial charge in [-0.3, -0.25) is 9.59 Å². The van der Waals surface area contributed by atoms with E-state index in [1.165, 1.54) is 0 Å². The highest BCUT2D eigenvalue weighted by Gasteiger charge is 2.44. The summed E-state index contributed by atoms with van der Waals surface area (Å²) in [5.41, 5.74) is 1.90. The molecule has 0 radical (unpaired) electrons. The van der Waals surface area contributed by atoms with Gasteiger partial charge in [-0.2, -0.15) is 0 Å². The summed E-state index contributed by atoms with van der Waals surface area (Å²) in [6.07, 6.45) is 5.73. The maximum absolute atomic E-state index is 13.2. The van der Waals surface area contributed by atoms with Crippen LogP contribution in [0.15, 0.2) is 72.8 Å². The number of hydrogen-bond donors (Lipinski definition) is 1. The largest absolute Gasteiger partial charge is 0.338 e. The summed E-state index contributed by atoms with van der Waals surface area (Å²) in [5, 5.41) is 2.99. The zero-order valence-corrected chi connectivity index (χ0v) is 15.3. The van der Waals surface area contributed by atoms with Crippen molar-refractivity contribution in [3.8, 4) is 0 Å². The van der Waals surface area contributed by atoms with Crippen molar-refractivity contribution in [1.29, 1.82) is 0 Å². The average molecular weight is 360 g/mol. The second kappa shape index (κ2) is 7.78. The van der Waals surface area contributed by atoms with Gasteiger partial charge in [0, 0.05) is 18.8 Å². The molecule has 0 aromatic heterocycles. The molecule has 2 amide bonds. The van der Waals surface area contributed by atoms with Crippen molar-refractivity contribution in [3.63, 3.8) is 0 Å². The lowest BCUT2D eigenvalue weighted by Crippen LogP contribution is -2.50. The first-order valence-corrected chi connectivity index (χ1v) is 9.57. The van der Waals surface area contributed by atoms with Gasteiger partial charge in [-0.05, 0) is 36.5 Å². The highest BCUT2D eigenvalue weighted by molar-refractivity contribution is 5.96. The average Bonchev–Trinajstić information content (AvgIpc) is 2.71. The van der Waals surface area contributed by atoms with Crippen LogP contribution >= 0.6 is 0 Å². The van der Waals surface area contributed by atoms with Gasteiger partial charge in [-0.1, -0.05) is 60.7 Å². The number of likely N-dealkylation sites (tertiary alicyclic amines) is 1. The van der Waals surface area contributed by atoms with E-state index >= 15 is 0 Å². The van der Waals surface area contributed by atoms with Crippen LogP contribution in [0.5, 0.6) is 0 Å². The Morgan fingerprint density at radius 3 is 2.48 bits per heavy atom. The van der Waals surface area contributed by atoms with Crippen LogP contribution < -0.4 is 5.32 Å². The Kier molecular flexibility index (Phi) is 5.05. The molecule has 0 spiro atoms. The van der Waals surface area contributed by atoms with Gasteiger partial charge in [0.1, 0.15) is 0 Å². The van der Waals surface area contributed by atoms with E-state index in [4.69, 9.17) is 0 Å². The predicted molar refractivity (Wildman–Crippen MR) is 106 cm³/mol. The minimum absolute atomic E-state index is 0.0598. The highest BCUT2D eigenvalue weighted by atomic mass is 16.2. The van der Waals surface area contributed by atoms with E-state index in [1.807, 2.05) is 65.6 Å². The highest BCUT2D eigenvalue weighted by Crippen LogP contribution is 2.38. The molecule has 27 heavy (non-hydrogen) atoms. The van der Waals surface area contributed by atoms with Crippen molar-refractivity contribution >= 4 is 17.5 Å². The third-order valence-corrected chi connectivity index (χ3v) is 5.59. The topological polar surface area (TPSA) is 49.4 Å². The standard InChI is InChI=1S/C23H24N2O2/c26-22(24-19-11-5-2-6-12-19)20-13-7-10-18-14-15-25(23(27)21(18)20)16-17-8-3-1-4-9-17/h1-12,18,20-21H,13-16H2,(H,24,26)/t18-,20-,21+/m0/s1. The Hall–Kier alpha value is -2.88. The quantitative estimate of drug-likeness (QED) is 0.842. The first kappa shape index (κ1) is 17.5. The smallest absolute Gasteiger partial charge is 0.228 e. The fraction of sp³-hybridized carbons (Fsp3) is 0.304. The second-order valence-corrected chi connectivity index (χ2v) is 7.35. The number of rotatable bonds is 4. The lowest BCUT2D eigenvalue weighted by Gasteiger charge is -2.41. The molecule has 2 aromatic carbocycles. The van der Waals surface area contributed by atoms with Gasteiger partial charge in [0.05, 0.1) is 11.8 Å². The maximum Gasteiger partial charge on any atom is 0.228 e. The summed E-state index contributed by atoms with van der Waals surface area (Å²) >= 11 is 0. The summed E-state index contributed by atoms with van der Waals surface area (Å²) in [5.74, 6) is -0.379. The van der Waals surface area contributed by atoms with Crippen molar-refractivity contribution in [2.75, 3.05) is 11.9 Å². The van der Waals surface area contributed by atoms with Gasteiger partial charge in [0.2, 0.25) is 11.8 Å². The summed E-state index contributed by atoms with van der Waals surface area (Å²) < 4.78 is 0. The monoisotopic (exact) mass is 360 g/mol. The van der Waals surface area contributed by atoms with Crippen molar-refractivity contribution in [3.05, 3.63) is 78.4 Å². The molecule has 0 saturated carbocycles. The molecular formula is C23H24N2O2. The summed E-state index contributed by atoms with van der Waals surface area (Å²) in [7, 11) is 0. The number of amides is 2. The number of benzene rings is 2. The van der Waals surface area contributed by atoms with E-state index in [-0.39, 0.29) is 29.6 Å². The number of hydrogen-bond acceptors (Lipinski definition) is 2. The molecule has 0 bridgehead atoms. The van der Waals surface area contributed by atoms with Crippen molar-refractivity contribution in [1.82, 2.24) is 4.90 Å². The molecule has 1 saturated heterocycles. The van der Waals surface area contributed by atoms with Gasteiger partial charge >= 0.3 is 0 Å². The minimum Gasteiger partial charge on any atom is -0.338 e. The fourth-order valence-electron chi connectivity index (χ4n) is 4.21. The third kappa shape index (κ3) is 3.80. The summed E-state index contributed by atoms with van der Waals surface area (Å²) in [6, 6.07) is 19.5. The number of fused-ring (bicyclic) bond motifs is 1. The van der Waals surface area contributed by atoms with Crippen LogP contribution in [0.4, 0.5) is 5.69 Å². The lowest BCUT2D eigenvalue weighted by atomic mass is 9.71. The first-order chi connectivity index (χ1) is 13.2. The zero-order chi connectivity index (χ0) is 18.6. The molecule has 4 heteroatoms. The lowest BCUT2D eigenvalue weighted by molar-refractivity contribution is -0.147. The Morgan fingerprint density at radius 1 is 1.04 bits per heavy atom. The van der Waals surface area contributed by atoms with Crippen molar-refractivity contribution < 1.29 is 9.59 Å². The number of nitrogens with one attached hydrogen (secondary N) is 1. The van der Waals surface area contributed by atoms with Crippen LogP contribution in [0.25, 0.3) is 0 Å². The van der Waals surface area contributed by atoms with E-state index in [1.54, 1.807) is 0 Å². The van der Waals surface area contributed by atoms with Gasteiger partial charge in [0.15, 0.2) is 0 Å². The molecule has 4 rings (SSSR count). The van der Waals surface area contributed by atoms with Crippen molar-refractivity contribution in [2.24, 2.45) is 17.8 Å². The number of carbonyl (C=O) groups is 2. The number of anilines is 1. The molecule has 1 heterocycles. The molecule has 4 nitrogen and oxygen atoms in total. The van der Waals surface area contributed by atoms with Crippen LogP contribution in [-0.4, -0.2) is 23.3 Å². The van der Waals surface area contributed by atoms with E-state index in [2.05, 4.69) is 17.5 Å². The number of allylic oxidation sites excluding steroid dienone is 2. The first-order valence-electron chi connectivity index (χ1n) is 9.57. The van der Waals surface area contributed by atoms with Crippen LogP contribution in [0.2, 0.25) is 0 Å². The molecule has 1 aliphatic carbocycles. The van der Waals surface area contributed by atoms with Gasteiger partial charge in [-0.25, -0.2) is 0 Å². The maximum atomic E-state index is 13.2. The molecule has 138 valence electrons. The third-order valence-electron chi connectivity index (χ3n) is 5.59. The van der Waals surface area contributed by atoms with Gasteiger partial charge < -0.3 is 10.2 Å². The number of piperidine rings is 1. The molecule has 3 atom stereocenters. The normalized spacial score (nSPS) is 24.4. The Labute approximate surface area is 159 Å². The van der Waals surface area contributed by atoms with E-state index < -0.39 is 0 Å². The Bertz CT molecular complexity index is 832. The molecule has 2 aromatic rings. The van der Waals surface area contributed by atoms with Crippen LogP contribution in [0, 0.1) is 17.8 Å². The van der Waals surface area contributed by atoms with Crippen LogP contribution in [0.3, 0.4) is 0 Å². The van der Waals surface area contributed by atoms with E-state index in [9.17, 15) is 9.59 Å². The summed E-state index contributed by atoms with van der Waals surface area (Å²) in [6.45, 7) is 1.35. The van der Waals surface area contributed by atoms with Crippen molar-refractivity contribution in [2.45, 2.75) is 19.4 Å². The number of para-hydroxylation sites is 1. The second-order valence-electron chi connectivity index (χ2n) is 7.35. The molecular weight excluding hydrogens is 336 g/mol. The Morgan fingerprint density at radius 2 is 1.74 bits per heavy atom. The fourth-order valence-corrected chi connectivity index (χ4v) is 4.21. The molecule has 1 N–H and O–H groups in total. The Balaban J connectivity index is 1.51. The minimum atomic E-state index is -0.314. The zero-order valence-electron chi connectivity index (χ0n) is 15.3. The SMILES string of the molecule is O=C(Nc1ccccc1)[C@H]1CC=C[C@H]2CCN(Cc3ccccc3)C(=O)[C@@H]12. The number of carbonyl (C=O) groups excluding carboxylic acids is 2. The number of nitrogens with zero attached hydrogens (tertiary/aromatic N) is 1. The van der Waals surface area contributed by atoms with E-state index in [0.29, 0.717) is 13.0 Å². The summed E-state index contributed by atoms with van der Waals surface area (Å²) in [4.78, 5) is 28.1. The molecule has 2 aliphatic rings. The van der Waals surface area contributed by atoms with E-state index in [0.717, 1.165) is 24.2 Å². The predicted octanol–water partition coefficient (Wildman–Crippen LogP) is 3.87. The van der Waals surface area contributed by atoms with Gasteiger partial charge in [0.25, 0.3) is 0 Å². The molecule has 1 aliphatic heterocycles.